The molecule has 92 valence electrons. The molecule has 1 rings (SSSR count). The van der Waals surface area contributed by atoms with Gasteiger partial charge in [0.25, 0.3) is 0 Å². The molecule has 0 heterocycles. The number of urea groups is 1. The Bertz CT molecular complexity index is 252. The van der Waals surface area contributed by atoms with Gasteiger partial charge in [0.15, 0.2) is 0 Å². The molecule has 5 heteroatoms. The van der Waals surface area contributed by atoms with Gasteiger partial charge in [0.05, 0.1) is 0 Å². The number of carbonyl (C=O) groups is 2. The van der Waals surface area contributed by atoms with Gasteiger partial charge in [-0.1, -0.05) is 0 Å². The summed E-state index contributed by atoms with van der Waals surface area (Å²) in [7, 11) is 0. The summed E-state index contributed by atoms with van der Waals surface area (Å²) in [5, 5.41) is 14.0. The van der Waals surface area contributed by atoms with E-state index in [9.17, 15) is 9.59 Å². The average Bonchev–Trinajstić information content (AvgIpc) is 2.99. The van der Waals surface area contributed by atoms with E-state index in [-0.39, 0.29) is 18.5 Å². The third-order valence-corrected chi connectivity index (χ3v) is 2.79. The molecule has 5 nitrogen and oxygen atoms in total. The molecule has 1 atom stereocenters. The first-order valence-corrected chi connectivity index (χ1v) is 5.85. The van der Waals surface area contributed by atoms with E-state index < -0.39 is 5.97 Å². The summed E-state index contributed by atoms with van der Waals surface area (Å²) in [4.78, 5) is 21.6. The highest BCUT2D eigenvalue weighted by molar-refractivity contribution is 5.74. The first kappa shape index (κ1) is 12.8. The van der Waals surface area contributed by atoms with E-state index in [0.717, 1.165) is 0 Å². The number of carboxylic acid groups (broad SMARTS) is 1. The van der Waals surface area contributed by atoms with Crippen LogP contribution in [0.15, 0.2) is 0 Å². The van der Waals surface area contributed by atoms with Crippen molar-refractivity contribution in [2.24, 2.45) is 5.92 Å². The fourth-order valence-electron chi connectivity index (χ4n) is 1.58. The molecule has 0 aromatic heterocycles. The smallest absolute Gasteiger partial charge is 0.315 e. The van der Waals surface area contributed by atoms with Crippen molar-refractivity contribution in [2.45, 2.75) is 45.1 Å². The number of carbonyl (C=O) groups excluding carboxylic acids is 1. The van der Waals surface area contributed by atoms with Gasteiger partial charge in [-0.05, 0) is 38.5 Å². The van der Waals surface area contributed by atoms with Gasteiger partial charge < -0.3 is 15.7 Å². The first-order chi connectivity index (χ1) is 7.59. The van der Waals surface area contributed by atoms with Crippen LogP contribution >= 0.6 is 0 Å². The Morgan fingerprint density at radius 2 is 2.06 bits per heavy atom. The maximum Gasteiger partial charge on any atom is 0.315 e. The minimum atomic E-state index is -0.785. The van der Waals surface area contributed by atoms with Gasteiger partial charge in [0, 0.05) is 19.0 Å². The van der Waals surface area contributed by atoms with Crippen LogP contribution in [-0.2, 0) is 4.79 Å². The number of hydrogen-bond donors (Lipinski definition) is 3. The SMILES string of the molecule is CC(NC(=O)NCCCCC(=O)O)C1CC1. The summed E-state index contributed by atoms with van der Waals surface area (Å²) in [5.41, 5.74) is 0. The average molecular weight is 228 g/mol. The molecule has 0 spiro atoms. The third kappa shape index (κ3) is 5.58. The van der Waals surface area contributed by atoms with Crippen molar-refractivity contribution in [1.82, 2.24) is 10.6 Å². The van der Waals surface area contributed by atoms with Crippen LogP contribution in [0.1, 0.15) is 39.0 Å². The van der Waals surface area contributed by atoms with Crippen LogP contribution in [0.2, 0.25) is 0 Å². The first-order valence-electron chi connectivity index (χ1n) is 5.85. The van der Waals surface area contributed by atoms with Gasteiger partial charge in [-0.25, -0.2) is 4.79 Å². The molecule has 1 unspecified atom stereocenters. The summed E-state index contributed by atoms with van der Waals surface area (Å²) in [5.74, 6) is -0.135. The van der Waals surface area contributed by atoms with Crippen LogP contribution in [0.5, 0.6) is 0 Å². The summed E-state index contributed by atoms with van der Waals surface area (Å²) in [6, 6.07) is 0.105. The summed E-state index contributed by atoms with van der Waals surface area (Å²) in [6.45, 7) is 2.55. The number of carboxylic acids is 1. The van der Waals surface area contributed by atoms with Crippen LogP contribution in [0.4, 0.5) is 4.79 Å². The van der Waals surface area contributed by atoms with E-state index in [1.165, 1.54) is 12.8 Å². The summed E-state index contributed by atoms with van der Waals surface area (Å²) < 4.78 is 0. The van der Waals surface area contributed by atoms with Gasteiger partial charge in [-0.15, -0.1) is 0 Å². The van der Waals surface area contributed by atoms with Crippen molar-refractivity contribution in [1.29, 1.82) is 0 Å². The van der Waals surface area contributed by atoms with Crippen LogP contribution in [0.25, 0.3) is 0 Å². The second-order valence-corrected chi connectivity index (χ2v) is 4.38. The standard InChI is InChI=1S/C11H20N2O3/c1-8(9-5-6-9)13-11(16)12-7-3-2-4-10(14)15/h8-9H,2-7H2,1H3,(H,14,15)(H2,12,13,16). The number of hydrogen-bond acceptors (Lipinski definition) is 2. The molecule has 1 aliphatic rings. The van der Waals surface area contributed by atoms with E-state index in [2.05, 4.69) is 10.6 Å². The van der Waals surface area contributed by atoms with Gasteiger partial charge in [-0.3, -0.25) is 4.79 Å². The van der Waals surface area contributed by atoms with Crippen molar-refractivity contribution in [3.63, 3.8) is 0 Å². The van der Waals surface area contributed by atoms with Crippen LogP contribution < -0.4 is 10.6 Å². The monoisotopic (exact) mass is 228 g/mol. The molecule has 3 N–H and O–H groups in total. The second kappa shape index (κ2) is 6.35. The fraction of sp³-hybridized carbons (Fsp3) is 0.818. The predicted molar refractivity (Wildman–Crippen MR) is 60.2 cm³/mol. The van der Waals surface area contributed by atoms with Crippen molar-refractivity contribution in [3.8, 4) is 0 Å². The minimum Gasteiger partial charge on any atom is -0.481 e. The third-order valence-electron chi connectivity index (χ3n) is 2.79. The summed E-state index contributed by atoms with van der Waals surface area (Å²) in [6.07, 6.45) is 3.90. The highest BCUT2D eigenvalue weighted by Crippen LogP contribution is 2.32. The van der Waals surface area contributed by atoms with Crippen molar-refractivity contribution >= 4 is 12.0 Å². The molecule has 0 aromatic carbocycles. The lowest BCUT2D eigenvalue weighted by molar-refractivity contribution is -0.137. The Morgan fingerprint density at radius 1 is 1.38 bits per heavy atom. The van der Waals surface area contributed by atoms with Gasteiger partial charge in [0.1, 0.15) is 0 Å². The van der Waals surface area contributed by atoms with E-state index in [1.54, 1.807) is 0 Å². The van der Waals surface area contributed by atoms with Crippen molar-refractivity contribution in [3.05, 3.63) is 0 Å². The predicted octanol–water partition coefficient (Wildman–Crippen LogP) is 1.34. The molecule has 2 amide bonds. The number of unbranched alkanes of at least 4 members (excludes halogenated alkanes) is 1. The minimum absolute atomic E-state index is 0.144. The Morgan fingerprint density at radius 3 is 2.62 bits per heavy atom. The van der Waals surface area contributed by atoms with Gasteiger partial charge >= 0.3 is 12.0 Å². The molecule has 1 fully saturated rings. The number of amides is 2. The number of nitrogens with one attached hydrogen (secondary N) is 2. The lowest BCUT2D eigenvalue weighted by Gasteiger charge is -2.13. The largest absolute Gasteiger partial charge is 0.481 e. The Labute approximate surface area is 95.6 Å². The lowest BCUT2D eigenvalue weighted by atomic mass is 10.2. The molecule has 16 heavy (non-hydrogen) atoms. The van der Waals surface area contributed by atoms with Gasteiger partial charge in [-0.2, -0.15) is 0 Å². The van der Waals surface area contributed by atoms with Crippen LogP contribution in [0, 0.1) is 5.92 Å². The zero-order valence-electron chi connectivity index (χ0n) is 9.66. The molecule has 0 bridgehead atoms. The second-order valence-electron chi connectivity index (χ2n) is 4.38. The zero-order valence-corrected chi connectivity index (χ0v) is 9.66. The Balaban J connectivity index is 1.95. The van der Waals surface area contributed by atoms with E-state index in [0.29, 0.717) is 25.3 Å². The maximum atomic E-state index is 11.3. The summed E-state index contributed by atoms with van der Waals surface area (Å²) >= 11 is 0. The maximum absolute atomic E-state index is 11.3. The molecule has 0 aromatic rings. The van der Waals surface area contributed by atoms with Crippen LogP contribution in [0.3, 0.4) is 0 Å². The quantitative estimate of drug-likeness (QED) is 0.575. The molecule has 1 saturated carbocycles. The Hall–Kier alpha value is -1.26. The highest BCUT2D eigenvalue weighted by atomic mass is 16.4. The topological polar surface area (TPSA) is 78.4 Å². The molecular formula is C11H20N2O3. The van der Waals surface area contributed by atoms with Crippen LogP contribution in [-0.4, -0.2) is 29.7 Å². The normalized spacial score (nSPS) is 16.6. The number of rotatable bonds is 7. The molecular weight excluding hydrogens is 208 g/mol. The fourth-order valence-corrected chi connectivity index (χ4v) is 1.58. The molecule has 0 radical (unpaired) electrons. The lowest BCUT2D eigenvalue weighted by Crippen LogP contribution is -2.42. The van der Waals surface area contributed by atoms with E-state index in [1.807, 2.05) is 6.92 Å². The zero-order chi connectivity index (χ0) is 12.0. The van der Waals surface area contributed by atoms with Gasteiger partial charge in [0.2, 0.25) is 0 Å². The van der Waals surface area contributed by atoms with Crippen molar-refractivity contribution < 1.29 is 14.7 Å². The highest BCUT2D eigenvalue weighted by Gasteiger charge is 2.28. The van der Waals surface area contributed by atoms with E-state index in [4.69, 9.17) is 5.11 Å². The number of aliphatic carboxylic acids is 1. The van der Waals surface area contributed by atoms with E-state index >= 15 is 0 Å². The van der Waals surface area contributed by atoms with Crippen molar-refractivity contribution in [2.75, 3.05) is 6.54 Å². The Kier molecular flexibility index (Phi) is 5.08. The molecule has 0 aliphatic heterocycles. The molecule has 1 aliphatic carbocycles. The molecule has 0 saturated heterocycles.